The van der Waals surface area contributed by atoms with E-state index in [1.807, 2.05) is 0 Å². The molecule has 0 aliphatic carbocycles. The summed E-state index contributed by atoms with van der Waals surface area (Å²) in [5.41, 5.74) is 6.87. The number of benzene rings is 1. The molecule has 2 amide bonds. The van der Waals surface area contributed by atoms with E-state index in [-0.39, 0.29) is 4.90 Å². The molecule has 1 aliphatic heterocycles. The summed E-state index contributed by atoms with van der Waals surface area (Å²) in [7, 11) is -4.68. The monoisotopic (exact) mass is 272 g/mol. The Bertz CT molecular complexity index is 586. The Hall–Kier alpha value is -1.63. The number of primary amides is 1. The second kappa shape index (κ2) is 4.56. The Balaban J connectivity index is 2.32. The van der Waals surface area contributed by atoms with Crippen LogP contribution in [-0.2, 0) is 23.1 Å². The first-order chi connectivity index (χ1) is 8.38. The maximum absolute atomic E-state index is 12.9. The van der Waals surface area contributed by atoms with E-state index in [0.717, 1.165) is 11.1 Å². The molecular formula is C11H13FN2O3S. The van der Waals surface area contributed by atoms with Crippen LogP contribution >= 0.6 is 0 Å². The fourth-order valence-corrected chi connectivity index (χ4v) is 2.59. The lowest BCUT2D eigenvalue weighted by Gasteiger charge is -2.16. The molecular weight excluding hydrogens is 259 g/mol. The largest absolute Gasteiger partial charge is 0.351 e. The quantitative estimate of drug-likeness (QED) is 0.769. The minimum absolute atomic E-state index is 0.339. The second-order valence-electron chi connectivity index (χ2n) is 4.19. The average Bonchev–Trinajstić information content (AvgIpc) is 2.48. The standard InChI is InChI=1S/C11H13FN2O3S/c12-18(16,17)10-2-1-8-3-5-14(11(13)15)6-4-9(8)7-10/h1-2,7H,3-6H2,(H2,13,15). The molecule has 0 saturated carbocycles. The number of hydrogen-bond donors (Lipinski definition) is 1. The van der Waals surface area contributed by atoms with Gasteiger partial charge < -0.3 is 10.6 Å². The number of nitrogens with zero attached hydrogens (tertiary/aromatic N) is 1. The van der Waals surface area contributed by atoms with E-state index in [9.17, 15) is 17.1 Å². The van der Waals surface area contributed by atoms with E-state index < -0.39 is 16.3 Å². The van der Waals surface area contributed by atoms with E-state index in [1.165, 1.54) is 17.0 Å². The topological polar surface area (TPSA) is 80.5 Å². The van der Waals surface area contributed by atoms with Gasteiger partial charge in [0.25, 0.3) is 0 Å². The van der Waals surface area contributed by atoms with E-state index in [0.29, 0.717) is 25.9 Å². The summed E-state index contributed by atoms with van der Waals surface area (Å²) < 4.78 is 34.5. The summed E-state index contributed by atoms with van der Waals surface area (Å²) in [6, 6.07) is 3.66. The van der Waals surface area contributed by atoms with Crippen LogP contribution < -0.4 is 5.73 Å². The van der Waals surface area contributed by atoms with Crippen molar-refractivity contribution in [1.82, 2.24) is 4.90 Å². The molecule has 0 radical (unpaired) electrons. The molecule has 1 aromatic carbocycles. The molecule has 1 aromatic rings. The van der Waals surface area contributed by atoms with Crippen LogP contribution in [0.2, 0.25) is 0 Å². The Morgan fingerprint density at radius 3 is 2.39 bits per heavy atom. The third-order valence-corrected chi connectivity index (χ3v) is 3.89. The second-order valence-corrected chi connectivity index (χ2v) is 5.54. The lowest BCUT2D eigenvalue weighted by Crippen LogP contribution is -2.37. The van der Waals surface area contributed by atoms with Gasteiger partial charge in [0.15, 0.2) is 0 Å². The molecule has 0 unspecified atom stereocenters. The molecule has 0 aromatic heterocycles. The molecule has 2 N–H and O–H groups in total. The van der Waals surface area contributed by atoms with Gasteiger partial charge >= 0.3 is 16.3 Å². The van der Waals surface area contributed by atoms with Crippen LogP contribution in [0.1, 0.15) is 11.1 Å². The Morgan fingerprint density at radius 1 is 1.22 bits per heavy atom. The van der Waals surface area contributed by atoms with Gasteiger partial charge in [0.2, 0.25) is 0 Å². The van der Waals surface area contributed by atoms with Crippen molar-refractivity contribution in [3.05, 3.63) is 29.3 Å². The van der Waals surface area contributed by atoms with E-state index in [4.69, 9.17) is 5.73 Å². The van der Waals surface area contributed by atoms with E-state index >= 15 is 0 Å². The predicted molar refractivity (Wildman–Crippen MR) is 63.3 cm³/mol. The average molecular weight is 272 g/mol. The van der Waals surface area contributed by atoms with Gasteiger partial charge in [0.05, 0.1) is 4.90 Å². The molecule has 98 valence electrons. The van der Waals surface area contributed by atoms with Crippen LogP contribution in [0, 0.1) is 0 Å². The Kier molecular flexibility index (Phi) is 3.25. The zero-order chi connectivity index (χ0) is 13.3. The van der Waals surface area contributed by atoms with Gasteiger partial charge in [-0.15, -0.1) is 3.89 Å². The predicted octanol–water partition coefficient (Wildman–Crippen LogP) is 0.824. The first-order valence-electron chi connectivity index (χ1n) is 5.49. The van der Waals surface area contributed by atoms with Crippen molar-refractivity contribution in [2.45, 2.75) is 17.7 Å². The molecule has 7 heteroatoms. The minimum Gasteiger partial charge on any atom is -0.351 e. The van der Waals surface area contributed by atoms with Crippen LogP contribution in [-0.4, -0.2) is 32.4 Å². The van der Waals surface area contributed by atoms with Gasteiger partial charge in [-0.25, -0.2) is 4.79 Å². The van der Waals surface area contributed by atoms with Gasteiger partial charge in [-0.05, 0) is 36.1 Å². The van der Waals surface area contributed by atoms with Crippen molar-refractivity contribution < 1.29 is 17.1 Å². The van der Waals surface area contributed by atoms with Crippen LogP contribution in [0.15, 0.2) is 23.1 Å². The highest BCUT2D eigenvalue weighted by molar-refractivity contribution is 7.86. The maximum Gasteiger partial charge on any atom is 0.332 e. The molecule has 1 heterocycles. The minimum atomic E-state index is -4.68. The van der Waals surface area contributed by atoms with E-state index in [2.05, 4.69) is 0 Å². The lowest BCUT2D eigenvalue weighted by atomic mass is 10.0. The van der Waals surface area contributed by atoms with Crippen molar-refractivity contribution in [3.8, 4) is 0 Å². The van der Waals surface area contributed by atoms with Gasteiger partial charge in [-0.3, -0.25) is 0 Å². The fraction of sp³-hybridized carbons (Fsp3) is 0.364. The van der Waals surface area contributed by atoms with Gasteiger partial charge in [-0.1, -0.05) is 6.07 Å². The first kappa shape index (κ1) is 12.8. The fourth-order valence-electron chi connectivity index (χ4n) is 2.07. The van der Waals surface area contributed by atoms with Crippen LogP contribution in [0.5, 0.6) is 0 Å². The number of urea groups is 1. The Labute approximate surface area is 105 Å². The van der Waals surface area contributed by atoms with Crippen molar-refractivity contribution in [3.63, 3.8) is 0 Å². The van der Waals surface area contributed by atoms with Gasteiger partial charge in [-0.2, -0.15) is 8.42 Å². The zero-order valence-corrected chi connectivity index (χ0v) is 10.4. The molecule has 0 saturated heterocycles. The number of carbonyl (C=O) groups excluding carboxylic acids is 1. The summed E-state index contributed by atoms with van der Waals surface area (Å²) in [4.78, 5) is 12.2. The summed E-state index contributed by atoms with van der Waals surface area (Å²) in [6.07, 6.45) is 1.06. The van der Waals surface area contributed by atoms with E-state index in [1.54, 1.807) is 6.07 Å². The molecule has 0 atom stereocenters. The molecule has 1 aliphatic rings. The lowest BCUT2D eigenvalue weighted by molar-refractivity contribution is 0.210. The highest BCUT2D eigenvalue weighted by atomic mass is 32.3. The summed E-state index contributed by atoms with van der Waals surface area (Å²) >= 11 is 0. The normalized spacial score (nSPS) is 15.9. The van der Waals surface area contributed by atoms with Crippen LogP contribution in [0.3, 0.4) is 0 Å². The smallest absolute Gasteiger partial charge is 0.332 e. The number of fused-ring (bicyclic) bond motifs is 1. The number of nitrogens with two attached hydrogens (primary N) is 1. The first-order valence-corrected chi connectivity index (χ1v) is 6.87. The SMILES string of the molecule is NC(=O)N1CCc2ccc(S(=O)(=O)F)cc2CC1. The maximum atomic E-state index is 12.9. The highest BCUT2D eigenvalue weighted by Gasteiger charge is 2.19. The van der Waals surface area contributed by atoms with Crippen molar-refractivity contribution in [2.75, 3.05) is 13.1 Å². The Morgan fingerprint density at radius 2 is 1.83 bits per heavy atom. The molecule has 18 heavy (non-hydrogen) atoms. The summed E-state index contributed by atoms with van der Waals surface area (Å²) in [5.74, 6) is 0. The molecule has 5 nitrogen and oxygen atoms in total. The highest BCUT2D eigenvalue weighted by Crippen LogP contribution is 2.21. The molecule has 2 rings (SSSR count). The van der Waals surface area contributed by atoms with Crippen molar-refractivity contribution in [2.24, 2.45) is 5.73 Å². The zero-order valence-electron chi connectivity index (χ0n) is 9.60. The number of amides is 2. The summed E-state index contributed by atoms with van der Waals surface area (Å²) in [6.45, 7) is 0.905. The third kappa shape index (κ3) is 2.61. The third-order valence-electron chi connectivity index (χ3n) is 3.07. The van der Waals surface area contributed by atoms with Crippen LogP contribution in [0.25, 0.3) is 0 Å². The number of rotatable bonds is 1. The van der Waals surface area contributed by atoms with Gasteiger partial charge in [0, 0.05) is 13.1 Å². The van der Waals surface area contributed by atoms with Gasteiger partial charge in [0.1, 0.15) is 0 Å². The van der Waals surface area contributed by atoms with Crippen molar-refractivity contribution in [1.29, 1.82) is 0 Å². The van der Waals surface area contributed by atoms with Crippen LogP contribution in [0.4, 0.5) is 8.68 Å². The molecule has 0 spiro atoms. The molecule has 0 bridgehead atoms. The number of hydrogen-bond acceptors (Lipinski definition) is 3. The summed E-state index contributed by atoms with van der Waals surface area (Å²) in [5, 5.41) is 0. The number of carbonyl (C=O) groups is 1. The number of halogens is 1. The molecule has 0 fully saturated rings. The van der Waals surface area contributed by atoms with Crippen molar-refractivity contribution >= 4 is 16.3 Å².